The third-order valence-electron chi connectivity index (χ3n) is 3.48. The third-order valence-corrected chi connectivity index (χ3v) is 3.48. The fourth-order valence-electron chi connectivity index (χ4n) is 2.32. The van der Waals surface area contributed by atoms with Crippen LogP contribution in [-0.4, -0.2) is 18.9 Å². The molecule has 1 heterocycles. The van der Waals surface area contributed by atoms with Gasteiger partial charge in [-0.3, -0.25) is 4.79 Å². The second-order valence-electron chi connectivity index (χ2n) is 4.76. The van der Waals surface area contributed by atoms with Crippen molar-refractivity contribution in [2.75, 3.05) is 18.0 Å². The van der Waals surface area contributed by atoms with Crippen LogP contribution in [0.1, 0.15) is 30.6 Å². The highest BCUT2D eigenvalue weighted by atomic mass is 16.4. The molecule has 2 rings (SSSR count). The van der Waals surface area contributed by atoms with Gasteiger partial charge in [0.15, 0.2) is 5.78 Å². The third kappa shape index (κ3) is 3.05. The van der Waals surface area contributed by atoms with Gasteiger partial charge in [-0.25, -0.2) is 4.79 Å². The van der Waals surface area contributed by atoms with Crippen LogP contribution in [0.25, 0.3) is 11.0 Å². The molecule has 110 valence electrons. The maximum Gasteiger partial charge on any atom is 0.347 e. The number of benzene rings is 1. The standard InChI is InChI=1S/C17H19NO3/c1-4-7-15(19)14-10-12-8-9-13(18(5-2)6-3)11-16(12)21-17(14)20/h4,8-11H,1,5-7H2,2-3H3. The molecule has 4 heteroatoms. The molecular weight excluding hydrogens is 266 g/mol. The summed E-state index contributed by atoms with van der Waals surface area (Å²) in [5.41, 5.74) is 0.990. The normalized spacial score (nSPS) is 10.6. The zero-order valence-electron chi connectivity index (χ0n) is 12.4. The van der Waals surface area contributed by atoms with Crippen LogP contribution in [0.4, 0.5) is 5.69 Å². The van der Waals surface area contributed by atoms with Crippen molar-refractivity contribution in [1.29, 1.82) is 0 Å². The fraction of sp³-hybridized carbons (Fsp3) is 0.294. The molecule has 2 aromatic rings. The van der Waals surface area contributed by atoms with E-state index in [0.717, 1.165) is 24.2 Å². The molecule has 0 saturated heterocycles. The topological polar surface area (TPSA) is 50.5 Å². The van der Waals surface area contributed by atoms with Crippen LogP contribution in [-0.2, 0) is 0 Å². The Morgan fingerprint density at radius 1 is 1.29 bits per heavy atom. The maximum atomic E-state index is 11.9. The molecule has 0 atom stereocenters. The van der Waals surface area contributed by atoms with E-state index in [-0.39, 0.29) is 17.8 Å². The van der Waals surface area contributed by atoms with E-state index in [0.29, 0.717) is 5.58 Å². The summed E-state index contributed by atoms with van der Waals surface area (Å²) in [6, 6.07) is 7.28. The molecule has 0 radical (unpaired) electrons. The van der Waals surface area contributed by atoms with Gasteiger partial charge in [-0.05, 0) is 32.0 Å². The van der Waals surface area contributed by atoms with Crippen LogP contribution in [0.5, 0.6) is 0 Å². The van der Waals surface area contributed by atoms with Gasteiger partial charge in [0.2, 0.25) is 0 Å². The largest absolute Gasteiger partial charge is 0.422 e. The average molecular weight is 285 g/mol. The van der Waals surface area contributed by atoms with Crippen LogP contribution < -0.4 is 10.5 Å². The van der Waals surface area contributed by atoms with Crippen molar-refractivity contribution in [3.8, 4) is 0 Å². The molecule has 0 saturated carbocycles. The highest BCUT2D eigenvalue weighted by molar-refractivity contribution is 5.99. The van der Waals surface area contributed by atoms with Crippen molar-refractivity contribution < 1.29 is 9.21 Å². The minimum Gasteiger partial charge on any atom is -0.422 e. The quantitative estimate of drug-likeness (QED) is 0.464. The van der Waals surface area contributed by atoms with Gasteiger partial charge in [0, 0.05) is 36.7 Å². The zero-order chi connectivity index (χ0) is 15.4. The molecule has 0 fully saturated rings. The summed E-state index contributed by atoms with van der Waals surface area (Å²) in [5.74, 6) is -0.270. The molecular formula is C17H19NO3. The molecule has 0 aliphatic rings. The zero-order valence-corrected chi connectivity index (χ0v) is 12.4. The maximum absolute atomic E-state index is 11.9. The van der Waals surface area contributed by atoms with Crippen LogP contribution in [0, 0.1) is 0 Å². The molecule has 0 bridgehead atoms. The van der Waals surface area contributed by atoms with Crippen molar-refractivity contribution >= 4 is 22.4 Å². The Balaban J connectivity index is 2.52. The van der Waals surface area contributed by atoms with E-state index >= 15 is 0 Å². The summed E-state index contributed by atoms with van der Waals surface area (Å²) in [4.78, 5) is 25.9. The van der Waals surface area contributed by atoms with Crippen molar-refractivity contribution in [2.24, 2.45) is 0 Å². The lowest BCUT2D eigenvalue weighted by Crippen LogP contribution is -2.21. The number of carbonyl (C=O) groups is 1. The first kappa shape index (κ1) is 15.0. The van der Waals surface area contributed by atoms with E-state index in [1.54, 1.807) is 6.07 Å². The van der Waals surface area contributed by atoms with E-state index in [9.17, 15) is 9.59 Å². The fourth-order valence-corrected chi connectivity index (χ4v) is 2.32. The highest BCUT2D eigenvalue weighted by Gasteiger charge is 2.13. The molecule has 0 unspecified atom stereocenters. The SMILES string of the molecule is C=CCC(=O)c1cc2ccc(N(CC)CC)cc2oc1=O. The minimum absolute atomic E-state index is 0.0815. The van der Waals surface area contributed by atoms with E-state index in [2.05, 4.69) is 25.3 Å². The lowest BCUT2D eigenvalue weighted by Gasteiger charge is -2.20. The number of allylic oxidation sites excluding steroid dienone is 1. The van der Waals surface area contributed by atoms with Gasteiger partial charge in [-0.1, -0.05) is 6.08 Å². The number of hydrogen-bond acceptors (Lipinski definition) is 4. The van der Waals surface area contributed by atoms with Gasteiger partial charge in [0.25, 0.3) is 0 Å². The Morgan fingerprint density at radius 2 is 2.00 bits per heavy atom. The van der Waals surface area contributed by atoms with Crippen molar-refractivity contribution in [3.05, 3.63) is 52.9 Å². The second kappa shape index (κ2) is 6.39. The van der Waals surface area contributed by atoms with Gasteiger partial charge in [0.05, 0.1) is 0 Å². The monoisotopic (exact) mass is 285 g/mol. The van der Waals surface area contributed by atoms with Crippen molar-refractivity contribution in [1.82, 2.24) is 0 Å². The second-order valence-corrected chi connectivity index (χ2v) is 4.76. The van der Waals surface area contributed by atoms with Gasteiger partial charge < -0.3 is 9.32 Å². The van der Waals surface area contributed by atoms with Crippen molar-refractivity contribution in [2.45, 2.75) is 20.3 Å². The van der Waals surface area contributed by atoms with Crippen LogP contribution in [0.2, 0.25) is 0 Å². The molecule has 0 amide bonds. The van der Waals surface area contributed by atoms with Gasteiger partial charge in [-0.15, -0.1) is 6.58 Å². The summed E-state index contributed by atoms with van der Waals surface area (Å²) >= 11 is 0. The number of carbonyl (C=O) groups excluding carboxylic acids is 1. The van der Waals surface area contributed by atoms with Crippen LogP contribution in [0.3, 0.4) is 0 Å². The molecule has 4 nitrogen and oxygen atoms in total. The lowest BCUT2D eigenvalue weighted by molar-refractivity contribution is 0.0992. The van der Waals surface area contributed by atoms with Crippen molar-refractivity contribution in [3.63, 3.8) is 0 Å². The number of Topliss-reactive ketones (excluding diaryl/α,β-unsaturated/α-hetero) is 1. The molecule has 0 N–H and O–H groups in total. The Morgan fingerprint density at radius 3 is 2.62 bits per heavy atom. The number of ketones is 1. The Bertz CT molecular complexity index is 726. The summed E-state index contributed by atoms with van der Waals surface area (Å²) in [6.07, 6.45) is 1.61. The number of fused-ring (bicyclic) bond motifs is 1. The summed E-state index contributed by atoms with van der Waals surface area (Å²) in [6.45, 7) is 9.40. The Labute approximate surface area is 123 Å². The van der Waals surface area contributed by atoms with E-state index < -0.39 is 5.63 Å². The molecule has 0 spiro atoms. The van der Waals surface area contributed by atoms with Gasteiger partial charge >= 0.3 is 5.63 Å². The first-order chi connectivity index (χ1) is 10.1. The highest BCUT2D eigenvalue weighted by Crippen LogP contribution is 2.22. The Kier molecular flexibility index (Phi) is 4.58. The number of nitrogens with zero attached hydrogens (tertiary/aromatic N) is 1. The van der Waals surface area contributed by atoms with E-state index in [1.165, 1.54) is 6.08 Å². The molecule has 0 aliphatic heterocycles. The number of anilines is 1. The van der Waals surface area contributed by atoms with Gasteiger partial charge in [0.1, 0.15) is 11.1 Å². The predicted molar refractivity (Wildman–Crippen MR) is 85.2 cm³/mol. The molecule has 21 heavy (non-hydrogen) atoms. The summed E-state index contributed by atoms with van der Waals surface area (Å²) in [7, 11) is 0. The smallest absolute Gasteiger partial charge is 0.347 e. The minimum atomic E-state index is -0.592. The molecule has 1 aromatic heterocycles. The molecule has 1 aromatic carbocycles. The first-order valence-corrected chi connectivity index (χ1v) is 7.07. The van der Waals surface area contributed by atoms with E-state index in [1.807, 2.05) is 18.2 Å². The van der Waals surface area contributed by atoms with Crippen LogP contribution >= 0.6 is 0 Å². The van der Waals surface area contributed by atoms with Gasteiger partial charge in [-0.2, -0.15) is 0 Å². The summed E-state index contributed by atoms with van der Waals surface area (Å²) < 4.78 is 5.30. The van der Waals surface area contributed by atoms with E-state index in [4.69, 9.17) is 4.42 Å². The predicted octanol–water partition coefficient (Wildman–Crippen LogP) is 3.40. The average Bonchev–Trinajstić information content (AvgIpc) is 2.48. The summed E-state index contributed by atoms with van der Waals surface area (Å²) in [5, 5.41) is 0.748. The number of hydrogen-bond donors (Lipinski definition) is 0. The lowest BCUT2D eigenvalue weighted by atomic mass is 10.1. The van der Waals surface area contributed by atoms with Crippen LogP contribution in [0.15, 0.2) is 46.1 Å². The first-order valence-electron chi connectivity index (χ1n) is 7.07. The Hall–Kier alpha value is -2.36. The number of rotatable bonds is 6. The molecule has 0 aliphatic carbocycles.